The van der Waals surface area contributed by atoms with Crippen molar-refractivity contribution in [3.63, 3.8) is 0 Å². The highest BCUT2D eigenvalue weighted by atomic mass is 16.1. The Labute approximate surface area is 151 Å². The number of aryl methyl sites for hydroxylation is 1. The first-order chi connectivity index (χ1) is 12.7. The van der Waals surface area contributed by atoms with Crippen LogP contribution in [0.2, 0.25) is 0 Å². The SMILES string of the molecule is Cc1cc(=O)n2c(n1)NC(=NCc1ccccn1)N[C@@H]2[C@@H]1CC=CCC1. The number of aromatic nitrogens is 3. The lowest BCUT2D eigenvalue weighted by Crippen LogP contribution is -2.50. The zero-order chi connectivity index (χ0) is 17.9. The van der Waals surface area contributed by atoms with E-state index in [9.17, 15) is 4.79 Å². The molecular weight excluding hydrogens is 328 g/mol. The molecule has 0 aromatic carbocycles. The van der Waals surface area contributed by atoms with Gasteiger partial charge in [-0.25, -0.2) is 9.98 Å². The number of aliphatic imine (C=N–C) groups is 1. The molecule has 0 saturated carbocycles. The summed E-state index contributed by atoms with van der Waals surface area (Å²) in [6.07, 6.45) is 8.99. The van der Waals surface area contributed by atoms with Crippen LogP contribution in [0, 0.1) is 12.8 Å². The Morgan fingerprint density at radius 1 is 1.35 bits per heavy atom. The maximum absolute atomic E-state index is 12.6. The van der Waals surface area contributed by atoms with Crippen molar-refractivity contribution in [3.05, 3.63) is 64.4 Å². The Morgan fingerprint density at radius 3 is 3.04 bits per heavy atom. The zero-order valence-corrected chi connectivity index (χ0v) is 14.7. The van der Waals surface area contributed by atoms with Gasteiger partial charge in [0.1, 0.15) is 6.17 Å². The van der Waals surface area contributed by atoms with E-state index in [-0.39, 0.29) is 11.7 Å². The van der Waals surface area contributed by atoms with E-state index in [0.29, 0.717) is 30.1 Å². The van der Waals surface area contributed by atoms with E-state index in [4.69, 9.17) is 0 Å². The number of hydrogen-bond acceptors (Lipinski definition) is 4. The topological polar surface area (TPSA) is 84.2 Å². The quantitative estimate of drug-likeness (QED) is 0.830. The molecule has 1 aliphatic heterocycles. The maximum atomic E-state index is 12.6. The van der Waals surface area contributed by atoms with Gasteiger partial charge in [-0.2, -0.15) is 0 Å². The van der Waals surface area contributed by atoms with Crippen molar-refractivity contribution < 1.29 is 0 Å². The fourth-order valence-corrected chi connectivity index (χ4v) is 3.48. The molecule has 0 saturated heterocycles. The number of nitrogens with zero attached hydrogens (tertiary/aromatic N) is 4. The molecule has 0 spiro atoms. The van der Waals surface area contributed by atoms with Crippen molar-refractivity contribution in [3.8, 4) is 0 Å². The van der Waals surface area contributed by atoms with Crippen LogP contribution in [-0.2, 0) is 6.54 Å². The number of allylic oxidation sites excluding steroid dienone is 2. The maximum Gasteiger partial charge on any atom is 0.256 e. The van der Waals surface area contributed by atoms with Gasteiger partial charge in [-0.05, 0) is 38.3 Å². The number of anilines is 1. The number of rotatable bonds is 3. The second kappa shape index (κ2) is 7.11. The minimum Gasteiger partial charge on any atom is -0.335 e. The minimum absolute atomic E-state index is 0.0455. The molecule has 2 aromatic rings. The van der Waals surface area contributed by atoms with E-state index in [2.05, 4.69) is 37.7 Å². The number of pyridine rings is 1. The average molecular weight is 350 g/mol. The van der Waals surface area contributed by atoms with Gasteiger partial charge in [0.15, 0.2) is 5.96 Å². The number of nitrogens with one attached hydrogen (secondary N) is 2. The summed E-state index contributed by atoms with van der Waals surface area (Å²) >= 11 is 0. The van der Waals surface area contributed by atoms with Gasteiger partial charge >= 0.3 is 0 Å². The highest BCUT2D eigenvalue weighted by Crippen LogP contribution is 2.30. The van der Waals surface area contributed by atoms with Gasteiger partial charge in [0.2, 0.25) is 5.95 Å². The normalized spacial score (nSPS) is 23.2. The lowest BCUT2D eigenvalue weighted by molar-refractivity contribution is 0.276. The molecule has 26 heavy (non-hydrogen) atoms. The summed E-state index contributed by atoms with van der Waals surface area (Å²) in [7, 11) is 0. The average Bonchev–Trinajstić information content (AvgIpc) is 2.67. The first-order valence-corrected chi connectivity index (χ1v) is 8.94. The molecule has 1 aliphatic carbocycles. The third-order valence-electron chi connectivity index (χ3n) is 4.75. The molecule has 7 heteroatoms. The summed E-state index contributed by atoms with van der Waals surface area (Å²) in [6.45, 7) is 2.29. The molecule has 0 fully saturated rings. The lowest BCUT2D eigenvalue weighted by atomic mass is 9.91. The number of hydrogen-bond donors (Lipinski definition) is 2. The summed E-state index contributed by atoms with van der Waals surface area (Å²) in [5.41, 5.74) is 1.54. The van der Waals surface area contributed by atoms with Gasteiger partial charge in [0.25, 0.3) is 5.56 Å². The molecule has 0 unspecified atom stereocenters. The molecule has 3 heterocycles. The Kier molecular flexibility index (Phi) is 4.51. The van der Waals surface area contributed by atoms with Crippen molar-refractivity contribution in [1.29, 1.82) is 0 Å². The van der Waals surface area contributed by atoms with E-state index < -0.39 is 0 Å². The first-order valence-electron chi connectivity index (χ1n) is 8.94. The van der Waals surface area contributed by atoms with E-state index in [1.54, 1.807) is 16.8 Å². The van der Waals surface area contributed by atoms with Crippen LogP contribution in [0.15, 0.2) is 52.4 Å². The predicted molar refractivity (Wildman–Crippen MR) is 101 cm³/mol. The second-order valence-electron chi connectivity index (χ2n) is 6.67. The highest BCUT2D eigenvalue weighted by molar-refractivity contribution is 5.93. The van der Waals surface area contributed by atoms with Crippen LogP contribution in [0.25, 0.3) is 0 Å². The molecule has 2 atom stereocenters. The van der Waals surface area contributed by atoms with Crippen LogP contribution in [-0.4, -0.2) is 20.5 Å². The fraction of sp³-hybridized carbons (Fsp3) is 0.368. The van der Waals surface area contributed by atoms with Crippen LogP contribution in [0.1, 0.15) is 36.8 Å². The van der Waals surface area contributed by atoms with Crippen molar-refractivity contribution in [2.75, 3.05) is 5.32 Å². The predicted octanol–water partition coefficient (Wildman–Crippen LogP) is 2.37. The molecule has 2 aliphatic rings. The lowest BCUT2D eigenvalue weighted by Gasteiger charge is -2.36. The van der Waals surface area contributed by atoms with E-state index in [1.807, 2.05) is 25.1 Å². The highest BCUT2D eigenvalue weighted by Gasteiger charge is 2.31. The Hall–Kier alpha value is -2.96. The first kappa shape index (κ1) is 16.5. The largest absolute Gasteiger partial charge is 0.335 e. The summed E-state index contributed by atoms with van der Waals surface area (Å²) in [6, 6.07) is 7.35. The van der Waals surface area contributed by atoms with Gasteiger partial charge in [0, 0.05) is 23.9 Å². The third-order valence-corrected chi connectivity index (χ3v) is 4.75. The molecule has 0 bridgehead atoms. The minimum atomic E-state index is -0.153. The fourth-order valence-electron chi connectivity index (χ4n) is 3.48. The molecular formula is C19H22N6O. The van der Waals surface area contributed by atoms with Gasteiger partial charge in [-0.15, -0.1) is 0 Å². The van der Waals surface area contributed by atoms with E-state index in [0.717, 1.165) is 25.0 Å². The van der Waals surface area contributed by atoms with Crippen LogP contribution in [0.4, 0.5) is 5.95 Å². The Bertz CT molecular complexity index is 902. The van der Waals surface area contributed by atoms with Gasteiger partial charge in [-0.1, -0.05) is 18.2 Å². The molecule has 2 N–H and O–H groups in total. The van der Waals surface area contributed by atoms with Crippen molar-refractivity contribution >= 4 is 11.9 Å². The summed E-state index contributed by atoms with van der Waals surface area (Å²) in [4.78, 5) is 26.0. The molecule has 0 amide bonds. The summed E-state index contributed by atoms with van der Waals surface area (Å²) < 4.78 is 1.72. The van der Waals surface area contributed by atoms with Gasteiger partial charge < -0.3 is 5.32 Å². The van der Waals surface area contributed by atoms with Gasteiger partial charge in [0.05, 0.1) is 12.2 Å². The Balaban J connectivity index is 1.67. The van der Waals surface area contributed by atoms with Crippen molar-refractivity contribution in [1.82, 2.24) is 19.9 Å². The standard InChI is InChI=1S/C19H22N6O/c1-13-11-16(26)25-17(14-7-3-2-4-8-14)23-18(24-19(25)22-13)21-12-15-9-5-6-10-20-15/h2-3,5-6,9-11,14,17H,4,7-8,12H2,1H3,(H2,21,22,23,24)/t14-,17+/m1/s1. The second-order valence-corrected chi connectivity index (χ2v) is 6.67. The van der Waals surface area contributed by atoms with Gasteiger partial charge in [-0.3, -0.25) is 19.7 Å². The molecule has 7 nitrogen and oxygen atoms in total. The summed E-state index contributed by atoms with van der Waals surface area (Å²) in [5.74, 6) is 1.50. The monoisotopic (exact) mass is 350 g/mol. The van der Waals surface area contributed by atoms with E-state index >= 15 is 0 Å². The van der Waals surface area contributed by atoms with E-state index in [1.165, 1.54) is 0 Å². The summed E-state index contributed by atoms with van der Waals surface area (Å²) in [5, 5.41) is 6.57. The van der Waals surface area contributed by atoms with Crippen LogP contribution >= 0.6 is 0 Å². The zero-order valence-electron chi connectivity index (χ0n) is 14.7. The molecule has 4 rings (SSSR count). The van der Waals surface area contributed by atoms with Crippen LogP contribution in [0.5, 0.6) is 0 Å². The molecule has 0 radical (unpaired) electrons. The number of fused-ring (bicyclic) bond motifs is 1. The van der Waals surface area contributed by atoms with Crippen LogP contribution in [0.3, 0.4) is 0 Å². The molecule has 2 aromatic heterocycles. The molecule has 134 valence electrons. The van der Waals surface area contributed by atoms with Crippen molar-refractivity contribution in [2.45, 2.75) is 38.9 Å². The van der Waals surface area contributed by atoms with Crippen molar-refractivity contribution in [2.24, 2.45) is 10.9 Å². The Morgan fingerprint density at radius 2 is 2.27 bits per heavy atom. The third kappa shape index (κ3) is 3.37. The van der Waals surface area contributed by atoms with Crippen LogP contribution < -0.4 is 16.2 Å². The smallest absolute Gasteiger partial charge is 0.256 e. The number of guanidine groups is 1.